The molecule has 2 aromatic carbocycles. The summed E-state index contributed by atoms with van der Waals surface area (Å²) in [5.41, 5.74) is 4.04. The summed E-state index contributed by atoms with van der Waals surface area (Å²) in [5.74, 6) is 0.674. The van der Waals surface area contributed by atoms with E-state index in [2.05, 4.69) is 45.5 Å². The molecule has 162 valence electrons. The molecule has 1 aromatic heterocycles. The van der Waals surface area contributed by atoms with E-state index in [9.17, 15) is 4.79 Å². The van der Waals surface area contributed by atoms with Crippen molar-refractivity contribution in [2.45, 2.75) is 44.7 Å². The van der Waals surface area contributed by atoms with Gasteiger partial charge in [0.15, 0.2) is 0 Å². The third-order valence-electron chi connectivity index (χ3n) is 6.84. The molecule has 0 radical (unpaired) electrons. The molecular formula is C26H31N3O2. The van der Waals surface area contributed by atoms with Crippen LogP contribution in [0.25, 0.3) is 10.9 Å². The van der Waals surface area contributed by atoms with Crippen molar-refractivity contribution >= 4 is 22.5 Å². The van der Waals surface area contributed by atoms with Crippen LogP contribution in [0.3, 0.4) is 0 Å². The van der Waals surface area contributed by atoms with Gasteiger partial charge in [0.05, 0.1) is 18.8 Å². The fourth-order valence-corrected chi connectivity index (χ4v) is 5.11. The minimum atomic E-state index is 0.0462. The third kappa shape index (κ3) is 4.19. The second kappa shape index (κ2) is 8.75. The molecule has 1 aliphatic carbocycles. The number of rotatable bonds is 6. The van der Waals surface area contributed by atoms with E-state index in [0.29, 0.717) is 12.0 Å². The zero-order chi connectivity index (χ0) is 21.2. The van der Waals surface area contributed by atoms with Crippen LogP contribution < -0.4 is 10.2 Å². The Labute approximate surface area is 183 Å². The number of aryl methyl sites for hydroxylation is 1. The SMILES string of the molecule is Cc1[nH]c2ccccc2c1C(=O)NC1CCC(N(CC2COC2)c2ccccc2)CC1. The average molecular weight is 418 g/mol. The molecule has 2 fully saturated rings. The van der Waals surface area contributed by atoms with Gasteiger partial charge in [-0.2, -0.15) is 0 Å². The van der Waals surface area contributed by atoms with Crippen molar-refractivity contribution < 1.29 is 9.53 Å². The third-order valence-corrected chi connectivity index (χ3v) is 6.84. The van der Waals surface area contributed by atoms with E-state index >= 15 is 0 Å². The topological polar surface area (TPSA) is 57.4 Å². The van der Waals surface area contributed by atoms with Gasteiger partial charge in [0.25, 0.3) is 5.91 Å². The Hall–Kier alpha value is -2.79. The van der Waals surface area contributed by atoms with Gasteiger partial charge in [0.1, 0.15) is 0 Å². The molecule has 5 nitrogen and oxygen atoms in total. The van der Waals surface area contributed by atoms with Gasteiger partial charge >= 0.3 is 0 Å². The van der Waals surface area contributed by atoms with Crippen molar-refractivity contribution in [1.29, 1.82) is 0 Å². The van der Waals surface area contributed by atoms with Crippen molar-refractivity contribution in [2.24, 2.45) is 5.92 Å². The van der Waals surface area contributed by atoms with Gasteiger partial charge in [-0.15, -0.1) is 0 Å². The lowest BCUT2D eigenvalue weighted by Crippen LogP contribution is -2.48. The Bertz CT molecular complexity index is 1030. The Balaban J connectivity index is 1.24. The summed E-state index contributed by atoms with van der Waals surface area (Å²) >= 11 is 0. The van der Waals surface area contributed by atoms with Gasteiger partial charge in [-0.3, -0.25) is 4.79 Å². The summed E-state index contributed by atoms with van der Waals surface area (Å²) in [6, 6.07) is 19.5. The van der Waals surface area contributed by atoms with Gasteiger partial charge in [-0.05, 0) is 50.8 Å². The number of H-pyrrole nitrogens is 1. The summed E-state index contributed by atoms with van der Waals surface area (Å²) in [4.78, 5) is 19.0. The lowest BCUT2D eigenvalue weighted by Gasteiger charge is -2.42. The highest BCUT2D eigenvalue weighted by Crippen LogP contribution is 2.30. The van der Waals surface area contributed by atoms with Crippen LogP contribution in [-0.2, 0) is 4.74 Å². The number of aromatic nitrogens is 1. The summed E-state index contributed by atoms with van der Waals surface area (Å²) in [7, 11) is 0. The van der Waals surface area contributed by atoms with Crippen molar-refractivity contribution in [3.05, 3.63) is 65.9 Å². The van der Waals surface area contributed by atoms with Crippen LogP contribution in [-0.4, -0.2) is 42.7 Å². The number of carbonyl (C=O) groups is 1. The maximum atomic E-state index is 13.1. The van der Waals surface area contributed by atoms with Crippen LogP contribution in [0.5, 0.6) is 0 Å². The molecule has 0 unspecified atom stereocenters. The van der Waals surface area contributed by atoms with Crippen LogP contribution in [0.1, 0.15) is 41.7 Å². The predicted octanol–water partition coefficient (Wildman–Crippen LogP) is 4.67. The summed E-state index contributed by atoms with van der Waals surface area (Å²) in [6.45, 7) is 4.78. The number of fused-ring (bicyclic) bond motifs is 1. The molecule has 1 saturated heterocycles. The number of aromatic amines is 1. The van der Waals surface area contributed by atoms with Crippen LogP contribution >= 0.6 is 0 Å². The van der Waals surface area contributed by atoms with Crippen molar-refractivity contribution in [3.63, 3.8) is 0 Å². The molecule has 0 bridgehead atoms. The largest absolute Gasteiger partial charge is 0.381 e. The van der Waals surface area contributed by atoms with Gasteiger partial charge in [-0.25, -0.2) is 0 Å². The molecule has 2 aliphatic rings. The fourth-order valence-electron chi connectivity index (χ4n) is 5.11. The van der Waals surface area contributed by atoms with Crippen LogP contribution in [0, 0.1) is 12.8 Å². The molecule has 0 spiro atoms. The molecule has 1 saturated carbocycles. The number of carbonyl (C=O) groups excluding carboxylic acids is 1. The van der Waals surface area contributed by atoms with Gasteiger partial charge in [0.2, 0.25) is 0 Å². The van der Waals surface area contributed by atoms with E-state index < -0.39 is 0 Å². The highest BCUT2D eigenvalue weighted by molar-refractivity contribution is 6.08. The number of nitrogens with zero attached hydrogens (tertiary/aromatic N) is 1. The second-order valence-corrected chi connectivity index (χ2v) is 9.04. The van der Waals surface area contributed by atoms with E-state index in [-0.39, 0.29) is 11.9 Å². The molecule has 31 heavy (non-hydrogen) atoms. The molecule has 2 N–H and O–H groups in total. The highest BCUT2D eigenvalue weighted by atomic mass is 16.5. The standard InChI is InChI=1S/C26H31N3O2/c1-18-25(23-9-5-6-10-24(23)27-18)26(30)28-20-11-13-22(14-12-20)29(15-19-16-31-17-19)21-7-3-2-4-8-21/h2-10,19-20,22,27H,11-17H2,1H3,(H,28,30). The summed E-state index contributed by atoms with van der Waals surface area (Å²) in [5, 5.41) is 4.32. The maximum absolute atomic E-state index is 13.1. The molecule has 1 aliphatic heterocycles. The van der Waals surface area contributed by atoms with Crippen molar-refractivity contribution in [1.82, 2.24) is 10.3 Å². The number of benzene rings is 2. The zero-order valence-corrected chi connectivity index (χ0v) is 18.1. The first-order chi connectivity index (χ1) is 15.2. The quantitative estimate of drug-likeness (QED) is 0.613. The van der Waals surface area contributed by atoms with E-state index in [1.165, 1.54) is 5.69 Å². The first-order valence-electron chi connectivity index (χ1n) is 11.5. The summed E-state index contributed by atoms with van der Waals surface area (Å²) in [6.07, 6.45) is 4.23. The Morgan fingerprint density at radius 2 is 1.74 bits per heavy atom. The van der Waals surface area contributed by atoms with Crippen LogP contribution in [0.15, 0.2) is 54.6 Å². The number of amides is 1. The molecule has 1 amide bonds. The minimum Gasteiger partial charge on any atom is -0.381 e. The Morgan fingerprint density at radius 1 is 1.03 bits per heavy atom. The molecule has 3 aromatic rings. The monoisotopic (exact) mass is 417 g/mol. The van der Waals surface area contributed by atoms with Gasteiger partial charge in [0, 0.05) is 46.8 Å². The van der Waals surface area contributed by atoms with E-state index in [1.54, 1.807) is 0 Å². The van der Waals surface area contributed by atoms with E-state index in [0.717, 1.165) is 67.6 Å². The molecule has 2 heterocycles. The zero-order valence-electron chi connectivity index (χ0n) is 18.1. The van der Waals surface area contributed by atoms with Crippen LogP contribution in [0.4, 0.5) is 5.69 Å². The highest BCUT2D eigenvalue weighted by Gasteiger charge is 2.31. The number of ether oxygens (including phenoxy) is 1. The van der Waals surface area contributed by atoms with Gasteiger partial charge < -0.3 is 19.9 Å². The number of para-hydroxylation sites is 2. The lowest BCUT2D eigenvalue weighted by atomic mass is 9.88. The van der Waals surface area contributed by atoms with Gasteiger partial charge in [-0.1, -0.05) is 36.4 Å². The van der Waals surface area contributed by atoms with Crippen molar-refractivity contribution in [3.8, 4) is 0 Å². The maximum Gasteiger partial charge on any atom is 0.253 e. The van der Waals surface area contributed by atoms with Crippen molar-refractivity contribution in [2.75, 3.05) is 24.7 Å². The molecule has 5 heteroatoms. The fraction of sp³-hybridized carbons (Fsp3) is 0.423. The smallest absolute Gasteiger partial charge is 0.253 e. The van der Waals surface area contributed by atoms with Crippen LogP contribution in [0.2, 0.25) is 0 Å². The molecule has 0 atom stereocenters. The average Bonchev–Trinajstić information content (AvgIpc) is 3.10. The molecule has 5 rings (SSSR count). The number of hydrogen-bond acceptors (Lipinski definition) is 3. The normalized spacial score (nSPS) is 21.6. The number of nitrogens with one attached hydrogen (secondary N) is 2. The predicted molar refractivity (Wildman–Crippen MR) is 125 cm³/mol. The lowest BCUT2D eigenvalue weighted by molar-refractivity contribution is -0.0286. The minimum absolute atomic E-state index is 0.0462. The van der Waals surface area contributed by atoms with E-state index in [4.69, 9.17) is 4.74 Å². The molecular weight excluding hydrogens is 386 g/mol. The van der Waals surface area contributed by atoms with E-state index in [1.807, 2.05) is 31.2 Å². The summed E-state index contributed by atoms with van der Waals surface area (Å²) < 4.78 is 5.42. The first-order valence-corrected chi connectivity index (χ1v) is 11.5. The Morgan fingerprint density at radius 3 is 2.45 bits per heavy atom. The number of anilines is 1. The second-order valence-electron chi connectivity index (χ2n) is 9.04. The number of hydrogen-bond donors (Lipinski definition) is 2. The first kappa shape index (κ1) is 20.1. The Kier molecular flexibility index (Phi) is 5.68.